The zero-order valence-electron chi connectivity index (χ0n) is 7.38. The number of rotatable bonds is 3. The van der Waals surface area contributed by atoms with Crippen molar-refractivity contribution in [3.05, 3.63) is 0 Å². The Kier molecular flexibility index (Phi) is 3.23. The van der Waals surface area contributed by atoms with Crippen LogP contribution in [0.2, 0.25) is 0 Å². The van der Waals surface area contributed by atoms with Crippen LogP contribution in [0.1, 0.15) is 20.8 Å². The minimum absolute atomic E-state index is 0.345. The van der Waals surface area contributed by atoms with Crippen LogP contribution in [0.4, 0.5) is 0 Å². The van der Waals surface area contributed by atoms with E-state index in [4.69, 9.17) is 0 Å². The highest BCUT2D eigenvalue weighted by molar-refractivity contribution is 5.77. The van der Waals surface area contributed by atoms with Crippen molar-refractivity contribution in [2.24, 2.45) is 11.3 Å². The summed E-state index contributed by atoms with van der Waals surface area (Å²) in [5, 5.41) is 0. The molecule has 0 aliphatic carbocycles. The van der Waals surface area contributed by atoms with Crippen LogP contribution in [0.5, 0.6) is 0 Å². The average molecular weight is 158 g/mol. The van der Waals surface area contributed by atoms with Crippen LogP contribution in [0.15, 0.2) is 0 Å². The standard InChI is InChI=1S/C8H14O3/c1-6(7(10)11-4)8(2,3)5-9/h5-6H,1-4H3. The third kappa shape index (κ3) is 2.33. The number of carbonyl (C=O) groups is 2. The van der Waals surface area contributed by atoms with E-state index in [1.54, 1.807) is 20.8 Å². The van der Waals surface area contributed by atoms with Crippen molar-refractivity contribution in [3.8, 4) is 0 Å². The van der Waals surface area contributed by atoms with E-state index in [2.05, 4.69) is 4.74 Å². The lowest BCUT2D eigenvalue weighted by atomic mass is 9.81. The van der Waals surface area contributed by atoms with Crippen LogP contribution in [0.25, 0.3) is 0 Å². The molecule has 0 aromatic carbocycles. The van der Waals surface area contributed by atoms with Crippen LogP contribution < -0.4 is 0 Å². The smallest absolute Gasteiger partial charge is 0.309 e. The Balaban J connectivity index is 4.34. The van der Waals surface area contributed by atoms with E-state index in [-0.39, 0.29) is 11.9 Å². The maximum Gasteiger partial charge on any atom is 0.309 e. The maximum atomic E-state index is 10.9. The summed E-state index contributed by atoms with van der Waals surface area (Å²) in [4.78, 5) is 21.4. The van der Waals surface area contributed by atoms with E-state index in [0.29, 0.717) is 0 Å². The summed E-state index contributed by atoms with van der Waals surface area (Å²) in [6.45, 7) is 5.10. The SMILES string of the molecule is COC(=O)C(C)C(C)(C)C=O. The summed E-state index contributed by atoms with van der Waals surface area (Å²) >= 11 is 0. The minimum Gasteiger partial charge on any atom is -0.469 e. The molecule has 1 atom stereocenters. The van der Waals surface area contributed by atoms with E-state index in [0.717, 1.165) is 6.29 Å². The molecule has 0 aromatic heterocycles. The fourth-order valence-electron chi connectivity index (χ4n) is 0.583. The van der Waals surface area contributed by atoms with E-state index in [1.165, 1.54) is 7.11 Å². The van der Waals surface area contributed by atoms with Gasteiger partial charge in [-0.05, 0) is 0 Å². The van der Waals surface area contributed by atoms with Gasteiger partial charge in [-0.25, -0.2) is 0 Å². The fourth-order valence-corrected chi connectivity index (χ4v) is 0.583. The summed E-state index contributed by atoms with van der Waals surface area (Å²) in [6.07, 6.45) is 0.772. The molecule has 0 aromatic rings. The first-order valence-electron chi connectivity index (χ1n) is 3.50. The zero-order valence-corrected chi connectivity index (χ0v) is 7.38. The second kappa shape index (κ2) is 3.51. The number of aldehydes is 1. The van der Waals surface area contributed by atoms with Gasteiger partial charge in [0.05, 0.1) is 13.0 Å². The molecule has 0 fully saturated rings. The third-order valence-corrected chi connectivity index (χ3v) is 1.97. The van der Waals surface area contributed by atoms with Gasteiger partial charge in [0.25, 0.3) is 0 Å². The molecular formula is C8H14O3. The van der Waals surface area contributed by atoms with Crippen molar-refractivity contribution >= 4 is 12.3 Å². The van der Waals surface area contributed by atoms with E-state index in [9.17, 15) is 9.59 Å². The normalized spacial score (nSPS) is 13.8. The van der Waals surface area contributed by atoms with Gasteiger partial charge in [0.15, 0.2) is 0 Å². The Labute approximate surface area is 66.7 Å². The van der Waals surface area contributed by atoms with Gasteiger partial charge in [-0.1, -0.05) is 20.8 Å². The Bertz CT molecular complexity index is 161. The molecule has 0 saturated heterocycles. The van der Waals surface area contributed by atoms with Crippen LogP contribution in [-0.4, -0.2) is 19.4 Å². The predicted molar refractivity (Wildman–Crippen MR) is 41.0 cm³/mol. The summed E-state index contributed by atoms with van der Waals surface area (Å²) in [6, 6.07) is 0. The molecule has 0 aliphatic heterocycles. The molecule has 0 radical (unpaired) electrons. The lowest BCUT2D eigenvalue weighted by Gasteiger charge is -2.22. The molecule has 11 heavy (non-hydrogen) atoms. The molecule has 0 amide bonds. The first kappa shape index (κ1) is 10.1. The van der Waals surface area contributed by atoms with Gasteiger partial charge in [-0.2, -0.15) is 0 Å². The van der Waals surface area contributed by atoms with Gasteiger partial charge in [0.1, 0.15) is 6.29 Å². The van der Waals surface area contributed by atoms with Crippen molar-refractivity contribution in [1.29, 1.82) is 0 Å². The summed E-state index contributed by atoms with van der Waals surface area (Å²) in [7, 11) is 1.32. The molecule has 3 heteroatoms. The Morgan fingerprint density at radius 3 is 2.27 bits per heavy atom. The molecule has 0 bridgehead atoms. The van der Waals surface area contributed by atoms with Crippen LogP contribution in [0.3, 0.4) is 0 Å². The third-order valence-electron chi connectivity index (χ3n) is 1.97. The highest BCUT2D eigenvalue weighted by Gasteiger charge is 2.31. The van der Waals surface area contributed by atoms with Crippen LogP contribution >= 0.6 is 0 Å². The van der Waals surface area contributed by atoms with Crippen molar-refractivity contribution < 1.29 is 14.3 Å². The minimum atomic E-state index is -0.632. The molecule has 0 aliphatic rings. The van der Waals surface area contributed by atoms with Gasteiger partial charge in [-0.3, -0.25) is 4.79 Å². The highest BCUT2D eigenvalue weighted by atomic mass is 16.5. The van der Waals surface area contributed by atoms with Crippen molar-refractivity contribution in [3.63, 3.8) is 0 Å². The van der Waals surface area contributed by atoms with Gasteiger partial charge >= 0.3 is 5.97 Å². The topological polar surface area (TPSA) is 43.4 Å². The van der Waals surface area contributed by atoms with Gasteiger partial charge in [0.2, 0.25) is 0 Å². The van der Waals surface area contributed by atoms with E-state index in [1.807, 2.05) is 0 Å². The monoisotopic (exact) mass is 158 g/mol. The molecule has 0 heterocycles. The molecule has 0 rings (SSSR count). The molecule has 0 N–H and O–H groups in total. The molecule has 3 nitrogen and oxygen atoms in total. The second-order valence-corrected chi connectivity index (χ2v) is 3.18. The predicted octanol–water partition coefficient (Wildman–Crippen LogP) is 1.02. The first-order valence-corrected chi connectivity index (χ1v) is 3.50. The van der Waals surface area contributed by atoms with Crippen LogP contribution in [0, 0.1) is 11.3 Å². The fraction of sp³-hybridized carbons (Fsp3) is 0.750. The summed E-state index contributed by atoms with van der Waals surface area (Å²) in [5.41, 5.74) is -0.632. The number of esters is 1. The van der Waals surface area contributed by atoms with Crippen LogP contribution in [-0.2, 0) is 14.3 Å². The lowest BCUT2D eigenvalue weighted by Crippen LogP contribution is -2.30. The Morgan fingerprint density at radius 1 is 1.55 bits per heavy atom. The number of methoxy groups -OCH3 is 1. The Morgan fingerprint density at radius 2 is 2.00 bits per heavy atom. The number of carbonyl (C=O) groups excluding carboxylic acids is 2. The van der Waals surface area contributed by atoms with E-state index >= 15 is 0 Å². The van der Waals surface area contributed by atoms with Crippen molar-refractivity contribution in [2.45, 2.75) is 20.8 Å². The summed E-state index contributed by atoms with van der Waals surface area (Å²) < 4.78 is 4.50. The number of hydrogen-bond acceptors (Lipinski definition) is 3. The van der Waals surface area contributed by atoms with Gasteiger partial charge in [0, 0.05) is 5.41 Å². The molecule has 0 spiro atoms. The largest absolute Gasteiger partial charge is 0.469 e. The van der Waals surface area contributed by atoms with Crippen molar-refractivity contribution in [2.75, 3.05) is 7.11 Å². The second-order valence-electron chi connectivity index (χ2n) is 3.18. The van der Waals surface area contributed by atoms with Gasteiger partial charge < -0.3 is 9.53 Å². The Hall–Kier alpha value is -0.860. The lowest BCUT2D eigenvalue weighted by molar-refractivity contribution is -0.150. The van der Waals surface area contributed by atoms with Gasteiger partial charge in [-0.15, -0.1) is 0 Å². The number of ether oxygens (including phenoxy) is 1. The summed E-state index contributed by atoms with van der Waals surface area (Å²) in [5.74, 6) is -0.730. The molecule has 1 unspecified atom stereocenters. The zero-order chi connectivity index (χ0) is 9.07. The molecule has 0 saturated carbocycles. The van der Waals surface area contributed by atoms with Crippen molar-refractivity contribution in [1.82, 2.24) is 0 Å². The molecular weight excluding hydrogens is 144 g/mol. The maximum absolute atomic E-state index is 10.9. The molecule has 64 valence electrons. The quantitative estimate of drug-likeness (QED) is 0.455. The highest BCUT2D eigenvalue weighted by Crippen LogP contribution is 2.24. The average Bonchev–Trinajstić information content (AvgIpc) is 2.01. The first-order chi connectivity index (χ1) is 4.95. The number of hydrogen-bond donors (Lipinski definition) is 0. The van der Waals surface area contributed by atoms with E-state index < -0.39 is 5.41 Å².